The minimum atomic E-state index is -0.299. The highest BCUT2D eigenvalue weighted by Gasteiger charge is 2.12. The maximum Gasteiger partial charge on any atom is 0.261 e. The van der Waals surface area contributed by atoms with Crippen molar-refractivity contribution in [2.24, 2.45) is 0 Å². The molecule has 5 aromatic rings. The van der Waals surface area contributed by atoms with Crippen molar-refractivity contribution in [2.75, 3.05) is 14.1 Å². The van der Waals surface area contributed by atoms with Crippen LogP contribution < -0.4 is 5.56 Å². The Labute approximate surface area is 227 Å². The number of aromatic amines is 1. The number of carbonyl (C=O) groups excluding carboxylic acids is 1. The van der Waals surface area contributed by atoms with E-state index in [0.29, 0.717) is 13.0 Å². The second kappa shape index (κ2) is 11.7. The summed E-state index contributed by atoms with van der Waals surface area (Å²) in [4.78, 5) is 31.8. The maximum absolute atomic E-state index is 12.8. The molecule has 194 valence electrons. The van der Waals surface area contributed by atoms with Crippen LogP contribution >= 0.6 is 0 Å². The molecule has 0 saturated carbocycles. The smallest absolute Gasteiger partial charge is 0.261 e. The lowest BCUT2D eigenvalue weighted by Gasteiger charge is -2.09. The van der Waals surface area contributed by atoms with Gasteiger partial charge in [0.2, 0.25) is 0 Å². The molecule has 0 amide bonds. The molecule has 3 heterocycles. The standard InChI is InChI=1S/C32H29N5O2/c1-36(2)21-24-11-14-26(15-12-24)31-27-16-13-23(19-29(27)34-35-31)7-3-4-10-30(38)28-9-6-18-37(32(28)39)22-25-8-5-17-33-20-25/h5-6,8-9,11-20H,4,10,21-22H2,1-2H3,(H,34,35). The predicted octanol–water partition coefficient (Wildman–Crippen LogP) is 4.91. The second-order valence-corrected chi connectivity index (χ2v) is 9.71. The van der Waals surface area contributed by atoms with Gasteiger partial charge in [-0.1, -0.05) is 42.2 Å². The molecule has 0 radical (unpaired) electrons. The molecule has 3 aromatic heterocycles. The van der Waals surface area contributed by atoms with Crippen LogP contribution in [0.4, 0.5) is 0 Å². The number of hydrogen-bond donors (Lipinski definition) is 1. The number of carbonyl (C=O) groups is 1. The van der Waals surface area contributed by atoms with Gasteiger partial charge in [0.15, 0.2) is 5.78 Å². The number of aromatic nitrogens is 4. The first-order chi connectivity index (χ1) is 19.0. The van der Waals surface area contributed by atoms with Crippen molar-refractivity contribution < 1.29 is 4.79 Å². The van der Waals surface area contributed by atoms with Crippen LogP contribution in [0.2, 0.25) is 0 Å². The van der Waals surface area contributed by atoms with Crippen molar-refractivity contribution in [2.45, 2.75) is 25.9 Å². The van der Waals surface area contributed by atoms with Gasteiger partial charge < -0.3 is 9.47 Å². The normalized spacial score (nSPS) is 10.9. The lowest BCUT2D eigenvalue weighted by molar-refractivity contribution is 0.0982. The topological polar surface area (TPSA) is 83.9 Å². The fourth-order valence-corrected chi connectivity index (χ4v) is 4.49. The Bertz CT molecular complexity index is 1720. The highest BCUT2D eigenvalue weighted by atomic mass is 16.1. The zero-order valence-corrected chi connectivity index (χ0v) is 22.0. The zero-order valence-electron chi connectivity index (χ0n) is 22.0. The first-order valence-corrected chi connectivity index (χ1v) is 12.8. The van der Waals surface area contributed by atoms with Crippen molar-refractivity contribution in [3.63, 3.8) is 0 Å². The summed E-state index contributed by atoms with van der Waals surface area (Å²) in [5.74, 6) is 6.00. The van der Waals surface area contributed by atoms with Gasteiger partial charge in [0.1, 0.15) is 0 Å². The number of ketones is 1. The molecule has 2 aromatic carbocycles. The molecule has 39 heavy (non-hydrogen) atoms. The molecule has 0 aliphatic rings. The molecule has 0 aliphatic carbocycles. The number of benzene rings is 2. The Balaban J connectivity index is 1.23. The first kappa shape index (κ1) is 25.8. The molecule has 0 bridgehead atoms. The van der Waals surface area contributed by atoms with Crippen LogP contribution in [0.25, 0.3) is 22.2 Å². The summed E-state index contributed by atoms with van der Waals surface area (Å²) in [7, 11) is 4.11. The number of Topliss-reactive ketones (excluding diaryl/α,β-unsaturated/α-hetero) is 1. The molecule has 5 rings (SSSR count). The monoisotopic (exact) mass is 515 g/mol. The predicted molar refractivity (Wildman–Crippen MR) is 153 cm³/mol. The number of fused-ring (bicyclic) bond motifs is 1. The highest BCUT2D eigenvalue weighted by molar-refractivity contribution is 5.96. The third-order valence-electron chi connectivity index (χ3n) is 6.40. The summed E-state index contributed by atoms with van der Waals surface area (Å²) >= 11 is 0. The highest BCUT2D eigenvalue weighted by Crippen LogP contribution is 2.27. The van der Waals surface area contributed by atoms with E-state index in [0.717, 1.165) is 39.8 Å². The number of rotatable bonds is 8. The van der Waals surface area contributed by atoms with Crippen molar-refractivity contribution in [1.29, 1.82) is 0 Å². The van der Waals surface area contributed by atoms with Crippen molar-refractivity contribution >= 4 is 16.7 Å². The molecule has 0 unspecified atom stereocenters. The molecule has 0 atom stereocenters. The summed E-state index contributed by atoms with van der Waals surface area (Å²) in [5.41, 5.74) is 5.74. The Kier molecular flexibility index (Phi) is 7.76. The SMILES string of the molecule is CN(C)Cc1ccc(-c2n[nH]c3cc(C#CCCC(=O)c4cccn(Cc5cccnc5)c4=O)ccc23)cc1. The molecule has 1 N–H and O–H groups in total. The molecule has 7 heteroatoms. The number of hydrogen-bond acceptors (Lipinski definition) is 5. The number of nitrogens with one attached hydrogen (secondary N) is 1. The zero-order chi connectivity index (χ0) is 27.2. The van der Waals surface area contributed by atoms with Gasteiger partial charge in [0.25, 0.3) is 5.56 Å². The van der Waals surface area contributed by atoms with Crippen molar-refractivity contribution in [3.05, 3.63) is 118 Å². The number of pyridine rings is 2. The van der Waals surface area contributed by atoms with Gasteiger partial charge in [-0.25, -0.2) is 0 Å². The van der Waals surface area contributed by atoms with Gasteiger partial charge in [-0.05, 0) is 61.6 Å². The van der Waals surface area contributed by atoms with E-state index in [9.17, 15) is 9.59 Å². The Morgan fingerprint density at radius 2 is 1.87 bits per heavy atom. The molecule has 0 saturated heterocycles. The van der Waals surface area contributed by atoms with Gasteiger partial charge in [-0.2, -0.15) is 5.10 Å². The van der Waals surface area contributed by atoms with Crippen LogP contribution in [-0.2, 0) is 13.1 Å². The molecule has 7 nitrogen and oxygen atoms in total. The van der Waals surface area contributed by atoms with Crippen LogP contribution in [0, 0.1) is 11.8 Å². The van der Waals surface area contributed by atoms with Gasteiger partial charge in [-0.3, -0.25) is 19.7 Å². The van der Waals surface area contributed by atoms with Gasteiger partial charge in [0, 0.05) is 54.5 Å². The average molecular weight is 516 g/mol. The minimum Gasteiger partial charge on any atom is -0.310 e. The van der Waals surface area contributed by atoms with E-state index in [-0.39, 0.29) is 23.3 Å². The summed E-state index contributed by atoms with van der Waals surface area (Å²) in [5, 5.41) is 8.67. The minimum absolute atomic E-state index is 0.180. The fourth-order valence-electron chi connectivity index (χ4n) is 4.49. The quantitative estimate of drug-likeness (QED) is 0.235. The molecule has 0 fully saturated rings. The fraction of sp³-hybridized carbons (Fsp3) is 0.188. The van der Waals surface area contributed by atoms with Crippen LogP contribution in [0.15, 0.2) is 90.1 Å². The van der Waals surface area contributed by atoms with Gasteiger partial charge >= 0.3 is 0 Å². The van der Waals surface area contributed by atoms with E-state index in [4.69, 9.17) is 0 Å². The van der Waals surface area contributed by atoms with E-state index in [1.165, 1.54) is 10.1 Å². The molecular formula is C32H29N5O2. The average Bonchev–Trinajstić information content (AvgIpc) is 3.36. The van der Waals surface area contributed by atoms with E-state index >= 15 is 0 Å². The maximum atomic E-state index is 12.8. The van der Waals surface area contributed by atoms with E-state index in [2.05, 4.69) is 70.3 Å². The Hall–Kier alpha value is -4.80. The van der Waals surface area contributed by atoms with Crippen LogP contribution in [-0.4, -0.2) is 44.5 Å². The summed E-state index contributed by atoms with van der Waals surface area (Å²) in [6, 6.07) is 21.4. The van der Waals surface area contributed by atoms with E-state index < -0.39 is 0 Å². The van der Waals surface area contributed by atoms with Crippen LogP contribution in [0.3, 0.4) is 0 Å². The Morgan fingerprint density at radius 3 is 2.64 bits per heavy atom. The number of nitrogens with zero attached hydrogens (tertiary/aromatic N) is 4. The summed E-state index contributed by atoms with van der Waals surface area (Å²) in [6.07, 6.45) is 5.62. The second-order valence-electron chi connectivity index (χ2n) is 9.71. The number of H-pyrrole nitrogens is 1. The van der Waals surface area contributed by atoms with E-state index in [1.54, 1.807) is 30.7 Å². The van der Waals surface area contributed by atoms with Gasteiger partial charge in [-0.15, -0.1) is 0 Å². The lowest BCUT2D eigenvalue weighted by atomic mass is 10.0. The molecule has 0 aliphatic heterocycles. The summed E-state index contributed by atoms with van der Waals surface area (Å²) < 4.78 is 1.53. The Morgan fingerprint density at radius 1 is 1.03 bits per heavy atom. The molecular weight excluding hydrogens is 486 g/mol. The third-order valence-corrected chi connectivity index (χ3v) is 6.40. The largest absolute Gasteiger partial charge is 0.310 e. The summed E-state index contributed by atoms with van der Waals surface area (Å²) in [6.45, 7) is 1.26. The lowest BCUT2D eigenvalue weighted by Crippen LogP contribution is -2.26. The van der Waals surface area contributed by atoms with Crippen molar-refractivity contribution in [3.8, 4) is 23.1 Å². The van der Waals surface area contributed by atoms with Crippen LogP contribution in [0.5, 0.6) is 0 Å². The molecule has 0 spiro atoms. The van der Waals surface area contributed by atoms with Crippen molar-refractivity contribution in [1.82, 2.24) is 24.6 Å². The van der Waals surface area contributed by atoms with Gasteiger partial charge in [0.05, 0.1) is 23.3 Å². The van der Waals surface area contributed by atoms with E-state index in [1.807, 2.05) is 30.3 Å². The van der Waals surface area contributed by atoms with Crippen LogP contribution in [0.1, 0.15) is 39.9 Å². The first-order valence-electron chi connectivity index (χ1n) is 12.8. The third kappa shape index (κ3) is 6.20.